The Bertz CT molecular complexity index is 416. The molecule has 0 aliphatic carbocycles. The van der Waals surface area contributed by atoms with Crippen LogP contribution in [0.25, 0.3) is 0 Å². The van der Waals surface area contributed by atoms with Gasteiger partial charge in [0.2, 0.25) is 0 Å². The molecule has 1 aromatic heterocycles. The molecule has 5 nitrogen and oxygen atoms in total. The van der Waals surface area contributed by atoms with Gasteiger partial charge in [-0.05, 0) is 33.0 Å². The van der Waals surface area contributed by atoms with Crippen LogP contribution in [0.1, 0.15) is 28.3 Å². The SMILES string of the molecule is CN1CCCC1CNC(=O)c1csc(CCN)n1.Cl.Cl. The van der Waals surface area contributed by atoms with Crippen molar-refractivity contribution < 1.29 is 4.79 Å². The average Bonchev–Trinajstić information content (AvgIpc) is 2.96. The van der Waals surface area contributed by atoms with Crippen molar-refractivity contribution in [3.8, 4) is 0 Å². The first-order chi connectivity index (χ1) is 8.70. The van der Waals surface area contributed by atoms with Gasteiger partial charge in [0.1, 0.15) is 5.69 Å². The van der Waals surface area contributed by atoms with Gasteiger partial charge < -0.3 is 16.0 Å². The number of thiazole rings is 1. The van der Waals surface area contributed by atoms with E-state index < -0.39 is 0 Å². The van der Waals surface area contributed by atoms with Crippen molar-refractivity contribution in [2.24, 2.45) is 5.73 Å². The molecule has 1 atom stereocenters. The van der Waals surface area contributed by atoms with Crippen LogP contribution in [-0.4, -0.2) is 48.5 Å². The highest BCUT2D eigenvalue weighted by molar-refractivity contribution is 7.09. The van der Waals surface area contributed by atoms with Crippen LogP contribution in [-0.2, 0) is 6.42 Å². The van der Waals surface area contributed by atoms with Crippen LogP contribution in [0.5, 0.6) is 0 Å². The van der Waals surface area contributed by atoms with Crippen molar-refractivity contribution in [1.82, 2.24) is 15.2 Å². The van der Waals surface area contributed by atoms with Crippen molar-refractivity contribution in [2.45, 2.75) is 25.3 Å². The summed E-state index contributed by atoms with van der Waals surface area (Å²) < 4.78 is 0. The molecule has 1 aliphatic heterocycles. The van der Waals surface area contributed by atoms with Crippen LogP contribution in [0.3, 0.4) is 0 Å². The minimum Gasteiger partial charge on any atom is -0.349 e. The summed E-state index contributed by atoms with van der Waals surface area (Å²) in [6.07, 6.45) is 3.12. The van der Waals surface area contributed by atoms with Gasteiger partial charge in [0.15, 0.2) is 0 Å². The number of carbonyl (C=O) groups excluding carboxylic acids is 1. The van der Waals surface area contributed by atoms with Gasteiger partial charge in [-0.2, -0.15) is 0 Å². The van der Waals surface area contributed by atoms with Crippen LogP contribution in [0, 0.1) is 0 Å². The van der Waals surface area contributed by atoms with Gasteiger partial charge in [-0.25, -0.2) is 4.98 Å². The Hall–Kier alpha value is -0.400. The van der Waals surface area contributed by atoms with Crippen molar-refractivity contribution in [2.75, 3.05) is 26.7 Å². The lowest BCUT2D eigenvalue weighted by Crippen LogP contribution is -2.38. The molecule has 1 saturated heterocycles. The van der Waals surface area contributed by atoms with Crippen molar-refractivity contribution in [1.29, 1.82) is 0 Å². The fourth-order valence-corrected chi connectivity index (χ4v) is 2.99. The summed E-state index contributed by atoms with van der Waals surface area (Å²) in [7, 11) is 2.10. The molecule has 1 aromatic rings. The van der Waals surface area contributed by atoms with Gasteiger partial charge in [0, 0.05) is 24.4 Å². The van der Waals surface area contributed by atoms with Gasteiger partial charge in [-0.15, -0.1) is 36.2 Å². The molecule has 2 heterocycles. The molecule has 1 amide bonds. The minimum absolute atomic E-state index is 0. The topological polar surface area (TPSA) is 71.2 Å². The molecule has 116 valence electrons. The molecule has 0 saturated carbocycles. The molecular formula is C12H22Cl2N4OS. The largest absolute Gasteiger partial charge is 0.349 e. The van der Waals surface area contributed by atoms with E-state index in [-0.39, 0.29) is 30.7 Å². The molecule has 1 aliphatic rings. The number of likely N-dealkylation sites (N-methyl/N-ethyl adjacent to an activating group) is 1. The summed E-state index contributed by atoms with van der Waals surface area (Å²) in [6, 6.07) is 0.469. The highest BCUT2D eigenvalue weighted by Gasteiger charge is 2.21. The number of hydrogen-bond acceptors (Lipinski definition) is 5. The van der Waals surface area contributed by atoms with Crippen molar-refractivity contribution in [3.05, 3.63) is 16.1 Å². The van der Waals surface area contributed by atoms with E-state index in [0.717, 1.165) is 24.4 Å². The summed E-state index contributed by atoms with van der Waals surface area (Å²) in [6.45, 7) is 2.40. The Labute approximate surface area is 136 Å². The second-order valence-electron chi connectivity index (χ2n) is 4.65. The third-order valence-corrected chi connectivity index (χ3v) is 4.22. The molecule has 1 unspecified atom stereocenters. The lowest BCUT2D eigenvalue weighted by Gasteiger charge is -2.19. The summed E-state index contributed by atoms with van der Waals surface area (Å²) in [5.74, 6) is -0.0742. The number of aromatic nitrogens is 1. The molecule has 1 fully saturated rings. The number of rotatable bonds is 5. The zero-order valence-corrected chi connectivity index (χ0v) is 14.0. The highest BCUT2D eigenvalue weighted by Crippen LogP contribution is 2.14. The van der Waals surface area contributed by atoms with Crippen molar-refractivity contribution >= 4 is 42.1 Å². The Morgan fingerprint density at radius 2 is 2.35 bits per heavy atom. The molecule has 0 radical (unpaired) electrons. The quantitative estimate of drug-likeness (QED) is 0.847. The van der Waals surface area contributed by atoms with E-state index in [1.165, 1.54) is 17.8 Å². The number of hydrogen-bond donors (Lipinski definition) is 2. The van der Waals surface area contributed by atoms with E-state index in [0.29, 0.717) is 24.8 Å². The Morgan fingerprint density at radius 3 is 2.95 bits per heavy atom. The molecule has 3 N–H and O–H groups in total. The van der Waals surface area contributed by atoms with E-state index in [2.05, 4.69) is 22.2 Å². The second-order valence-corrected chi connectivity index (χ2v) is 5.59. The standard InChI is InChI=1S/C12H20N4OS.2ClH/c1-16-6-2-3-9(16)7-14-12(17)10-8-18-11(15-10)4-5-13;;/h8-9H,2-7,13H2,1H3,(H,14,17);2*1H. The zero-order chi connectivity index (χ0) is 13.0. The molecule has 20 heavy (non-hydrogen) atoms. The number of nitrogens with one attached hydrogen (secondary N) is 1. The van der Waals surface area contributed by atoms with Gasteiger partial charge in [-0.3, -0.25) is 4.79 Å². The normalized spacial score (nSPS) is 18.2. The van der Waals surface area contributed by atoms with Crippen LogP contribution >= 0.6 is 36.2 Å². The smallest absolute Gasteiger partial charge is 0.270 e. The fourth-order valence-electron chi connectivity index (χ4n) is 2.19. The van der Waals surface area contributed by atoms with E-state index in [1.54, 1.807) is 5.38 Å². The number of nitrogens with two attached hydrogens (primary N) is 1. The molecule has 0 aromatic carbocycles. The number of halogens is 2. The van der Waals surface area contributed by atoms with Gasteiger partial charge >= 0.3 is 0 Å². The lowest BCUT2D eigenvalue weighted by molar-refractivity contribution is 0.0939. The van der Waals surface area contributed by atoms with Gasteiger partial charge in [0.05, 0.1) is 5.01 Å². The molecule has 2 rings (SSSR count). The van der Waals surface area contributed by atoms with E-state index in [1.807, 2.05) is 0 Å². The fraction of sp³-hybridized carbons (Fsp3) is 0.667. The first-order valence-corrected chi connectivity index (χ1v) is 7.21. The average molecular weight is 341 g/mol. The Balaban J connectivity index is 0.00000180. The summed E-state index contributed by atoms with van der Waals surface area (Å²) >= 11 is 1.50. The zero-order valence-electron chi connectivity index (χ0n) is 11.5. The summed E-state index contributed by atoms with van der Waals surface area (Å²) in [5, 5.41) is 5.69. The summed E-state index contributed by atoms with van der Waals surface area (Å²) in [4.78, 5) is 18.5. The van der Waals surface area contributed by atoms with Crippen molar-refractivity contribution in [3.63, 3.8) is 0 Å². The molecule has 0 spiro atoms. The highest BCUT2D eigenvalue weighted by atomic mass is 35.5. The molecule has 8 heteroatoms. The van der Waals surface area contributed by atoms with E-state index >= 15 is 0 Å². The van der Waals surface area contributed by atoms with Crippen LogP contribution < -0.4 is 11.1 Å². The Morgan fingerprint density at radius 1 is 1.60 bits per heavy atom. The van der Waals surface area contributed by atoms with Crippen LogP contribution in [0.15, 0.2) is 5.38 Å². The maximum absolute atomic E-state index is 11.9. The molecule has 0 bridgehead atoms. The summed E-state index contributed by atoms with van der Waals surface area (Å²) in [5.41, 5.74) is 5.98. The monoisotopic (exact) mass is 340 g/mol. The number of likely N-dealkylation sites (tertiary alicyclic amines) is 1. The Kier molecular flexibility index (Phi) is 9.33. The first-order valence-electron chi connectivity index (χ1n) is 6.33. The van der Waals surface area contributed by atoms with Gasteiger partial charge in [-0.1, -0.05) is 0 Å². The first kappa shape index (κ1) is 19.6. The van der Waals surface area contributed by atoms with Crippen LogP contribution in [0.2, 0.25) is 0 Å². The van der Waals surface area contributed by atoms with E-state index in [4.69, 9.17) is 5.73 Å². The predicted octanol–water partition coefficient (Wildman–Crippen LogP) is 1.31. The predicted molar refractivity (Wildman–Crippen MR) is 87.4 cm³/mol. The number of carbonyl (C=O) groups is 1. The maximum atomic E-state index is 11.9. The third-order valence-electron chi connectivity index (χ3n) is 3.31. The van der Waals surface area contributed by atoms with Gasteiger partial charge in [0.25, 0.3) is 5.91 Å². The number of nitrogens with zero attached hydrogens (tertiary/aromatic N) is 2. The maximum Gasteiger partial charge on any atom is 0.270 e. The lowest BCUT2D eigenvalue weighted by atomic mass is 10.2. The van der Waals surface area contributed by atoms with E-state index in [9.17, 15) is 4.79 Å². The number of amides is 1. The second kappa shape index (κ2) is 9.52. The third kappa shape index (κ3) is 5.18. The minimum atomic E-state index is -0.0742. The molecular weight excluding hydrogens is 319 g/mol. The van der Waals surface area contributed by atoms with Crippen LogP contribution in [0.4, 0.5) is 0 Å².